The lowest BCUT2D eigenvalue weighted by Crippen LogP contribution is -2.34. The second kappa shape index (κ2) is 6.47. The van der Waals surface area contributed by atoms with Gasteiger partial charge in [0.05, 0.1) is 12.4 Å². The van der Waals surface area contributed by atoms with Crippen LogP contribution in [0.1, 0.15) is 23.3 Å². The Labute approximate surface area is 113 Å². The highest BCUT2D eigenvalue weighted by Gasteiger charge is 2.20. The average Bonchev–Trinajstić information content (AvgIpc) is 2.47. The molecule has 1 saturated heterocycles. The lowest BCUT2D eigenvalue weighted by atomic mass is 10.00. The number of aromatic nitrogens is 2. The number of carbonyl (C=O) groups is 1. The smallest absolute Gasteiger partial charge is 0.273 e. The van der Waals surface area contributed by atoms with E-state index in [2.05, 4.69) is 15.3 Å². The van der Waals surface area contributed by atoms with E-state index in [4.69, 9.17) is 4.74 Å². The molecule has 0 aromatic carbocycles. The van der Waals surface area contributed by atoms with Gasteiger partial charge in [-0.15, -0.1) is 0 Å². The van der Waals surface area contributed by atoms with Crippen molar-refractivity contribution in [3.8, 4) is 0 Å². The lowest BCUT2D eigenvalue weighted by molar-refractivity contribution is 0.0495. The summed E-state index contributed by atoms with van der Waals surface area (Å²) in [6.07, 6.45) is 5.12. The molecule has 1 fully saturated rings. The Morgan fingerprint density at radius 1 is 1.47 bits per heavy atom. The van der Waals surface area contributed by atoms with Crippen LogP contribution < -0.4 is 5.32 Å². The van der Waals surface area contributed by atoms with Crippen molar-refractivity contribution < 1.29 is 9.53 Å². The van der Waals surface area contributed by atoms with E-state index in [1.807, 2.05) is 7.05 Å². The van der Waals surface area contributed by atoms with Crippen LogP contribution in [0.15, 0.2) is 12.4 Å². The van der Waals surface area contributed by atoms with Gasteiger partial charge in [-0.1, -0.05) is 0 Å². The number of rotatable bonds is 4. The molecule has 1 aliphatic rings. The summed E-state index contributed by atoms with van der Waals surface area (Å²) >= 11 is 0. The van der Waals surface area contributed by atoms with Crippen LogP contribution in [0.5, 0.6) is 0 Å². The van der Waals surface area contributed by atoms with E-state index in [0.29, 0.717) is 17.4 Å². The van der Waals surface area contributed by atoms with Crippen molar-refractivity contribution in [1.29, 1.82) is 0 Å². The molecular formula is C13H20N4O2. The van der Waals surface area contributed by atoms with Crippen molar-refractivity contribution in [2.45, 2.75) is 12.8 Å². The first-order valence-corrected chi connectivity index (χ1v) is 6.53. The number of nitrogens with one attached hydrogen (secondary N) is 1. The van der Waals surface area contributed by atoms with Crippen molar-refractivity contribution in [2.75, 3.05) is 39.2 Å². The minimum atomic E-state index is -0.0870. The molecule has 2 heterocycles. The quantitative estimate of drug-likeness (QED) is 0.879. The molecule has 6 heteroatoms. The molecule has 19 heavy (non-hydrogen) atoms. The predicted molar refractivity (Wildman–Crippen MR) is 72.1 cm³/mol. The Morgan fingerprint density at radius 2 is 2.21 bits per heavy atom. The second-order valence-corrected chi connectivity index (χ2v) is 4.78. The first-order valence-electron chi connectivity index (χ1n) is 6.53. The summed E-state index contributed by atoms with van der Waals surface area (Å²) in [7, 11) is 3.57. The van der Waals surface area contributed by atoms with Crippen molar-refractivity contribution >= 4 is 11.7 Å². The SMILES string of the molecule is CNc1cncc(C(=O)N(C)CC2CCOCC2)n1. The van der Waals surface area contributed by atoms with E-state index in [9.17, 15) is 4.79 Å². The zero-order valence-electron chi connectivity index (χ0n) is 11.4. The summed E-state index contributed by atoms with van der Waals surface area (Å²) in [6.45, 7) is 2.33. The highest BCUT2D eigenvalue weighted by atomic mass is 16.5. The average molecular weight is 264 g/mol. The van der Waals surface area contributed by atoms with Crippen molar-refractivity contribution in [3.63, 3.8) is 0 Å². The van der Waals surface area contributed by atoms with Gasteiger partial charge in [-0.2, -0.15) is 0 Å². The van der Waals surface area contributed by atoms with E-state index in [1.54, 1.807) is 18.1 Å². The maximum atomic E-state index is 12.3. The summed E-state index contributed by atoms with van der Waals surface area (Å²) in [6, 6.07) is 0. The van der Waals surface area contributed by atoms with Crippen LogP contribution in [0.3, 0.4) is 0 Å². The fourth-order valence-electron chi connectivity index (χ4n) is 2.18. The molecule has 0 spiro atoms. The van der Waals surface area contributed by atoms with Gasteiger partial charge in [-0.3, -0.25) is 9.78 Å². The standard InChI is InChI=1S/C13H20N4O2/c1-14-12-8-15-7-11(16-12)13(18)17(2)9-10-3-5-19-6-4-10/h7-8,10H,3-6,9H2,1-2H3,(H,14,16). The molecule has 104 valence electrons. The molecule has 2 rings (SSSR count). The molecule has 0 radical (unpaired) electrons. The van der Waals surface area contributed by atoms with Crippen LogP contribution in [0.2, 0.25) is 0 Å². The third-order valence-electron chi connectivity index (χ3n) is 3.33. The predicted octanol–water partition coefficient (Wildman–Crippen LogP) is 1.02. The summed E-state index contributed by atoms with van der Waals surface area (Å²) in [5, 5.41) is 2.88. The second-order valence-electron chi connectivity index (χ2n) is 4.78. The molecule has 0 bridgehead atoms. The van der Waals surface area contributed by atoms with Crippen LogP contribution in [0, 0.1) is 5.92 Å². The van der Waals surface area contributed by atoms with Gasteiger partial charge in [-0.05, 0) is 18.8 Å². The molecule has 1 aliphatic heterocycles. The Balaban J connectivity index is 1.97. The van der Waals surface area contributed by atoms with Crippen LogP contribution >= 0.6 is 0 Å². The van der Waals surface area contributed by atoms with Crippen LogP contribution in [0.25, 0.3) is 0 Å². The molecular weight excluding hydrogens is 244 g/mol. The summed E-state index contributed by atoms with van der Waals surface area (Å²) in [5.41, 5.74) is 0.376. The molecule has 6 nitrogen and oxygen atoms in total. The summed E-state index contributed by atoms with van der Waals surface area (Å²) in [4.78, 5) is 22.2. The Bertz CT molecular complexity index is 432. The number of amides is 1. The normalized spacial score (nSPS) is 16.1. The van der Waals surface area contributed by atoms with Gasteiger partial charge in [0.1, 0.15) is 11.5 Å². The molecule has 0 atom stereocenters. The topological polar surface area (TPSA) is 67.4 Å². The number of carbonyl (C=O) groups excluding carboxylic acids is 1. The van der Waals surface area contributed by atoms with E-state index in [0.717, 1.165) is 32.6 Å². The molecule has 0 saturated carbocycles. The number of nitrogens with zero attached hydrogens (tertiary/aromatic N) is 3. The maximum absolute atomic E-state index is 12.3. The maximum Gasteiger partial charge on any atom is 0.273 e. The zero-order valence-corrected chi connectivity index (χ0v) is 11.4. The third kappa shape index (κ3) is 3.64. The van der Waals surface area contributed by atoms with Crippen molar-refractivity contribution in [2.24, 2.45) is 5.92 Å². The number of hydrogen-bond donors (Lipinski definition) is 1. The van der Waals surface area contributed by atoms with Gasteiger partial charge in [0, 0.05) is 33.9 Å². The van der Waals surface area contributed by atoms with Crippen LogP contribution in [-0.4, -0.2) is 54.6 Å². The highest BCUT2D eigenvalue weighted by Crippen LogP contribution is 2.16. The van der Waals surface area contributed by atoms with Crippen molar-refractivity contribution in [1.82, 2.24) is 14.9 Å². The van der Waals surface area contributed by atoms with E-state index >= 15 is 0 Å². The zero-order chi connectivity index (χ0) is 13.7. The molecule has 1 N–H and O–H groups in total. The van der Waals surface area contributed by atoms with Gasteiger partial charge in [0.15, 0.2) is 0 Å². The Kier molecular flexibility index (Phi) is 4.68. The van der Waals surface area contributed by atoms with E-state index in [1.165, 1.54) is 6.20 Å². The Morgan fingerprint density at radius 3 is 2.89 bits per heavy atom. The molecule has 0 unspecified atom stereocenters. The minimum absolute atomic E-state index is 0.0870. The van der Waals surface area contributed by atoms with Crippen molar-refractivity contribution in [3.05, 3.63) is 18.1 Å². The lowest BCUT2D eigenvalue weighted by Gasteiger charge is -2.26. The minimum Gasteiger partial charge on any atom is -0.381 e. The van der Waals surface area contributed by atoms with Gasteiger partial charge in [0.2, 0.25) is 0 Å². The first kappa shape index (κ1) is 13.7. The molecule has 1 amide bonds. The molecule has 1 aromatic rings. The first-order chi connectivity index (χ1) is 9.20. The van der Waals surface area contributed by atoms with Gasteiger partial charge in [0.25, 0.3) is 5.91 Å². The summed E-state index contributed by atoms with van der Waals surface area (Å²) in [5.74, 6) is 1.03. The monoisotopic (exact) mass is 264 g/mol. The van der Waals surface area contributed by atoms with Crippen LogP contribution in [0.4, 0.5) is 5.82 Å². The number of anilines is 1. The van der Waals surface area contributed by atoms with Gasteiger partial charge < -0.3 is 15.0 Å². The Hall–Kier alpha value is -1.69. The third-order valence-corrected chi connectivity index (χ3v) is 3.33. The van der Waals surface area contributed by atoms with Gasteiger partial charge in [-0.25, -0.2) is 4.98 Å². The van der Waals surface area contributed by atoms with Gasteiger partial charge >= 0.3 is 0 Å². The van der Waals surface area contributed by atoms with Crippen LogP contribution in [-0.2, 0) is 4.74 Å². The fourth-order valence-corrected chi connectivity index (χ4v) is 2.18. The summed E-state index contributed by atoms with van der Waals surface area (Å²) < 4.78 is 5.32. The van der Waals surface area contributed by atoms with E-state index in [-0.39, 0.29) is 5.91 Å². The molecule has 1 aromatic heterocycles. The van der Waals surface area contributed by atoms with E-state index < -0.39 is 0 Å². The molecule has 0 aliphatic carbocycles. The number of hydrogen-bond acceptors (Lipinski definition) is 5. The number of ether oxygens (including phenoxy) is 1. The fraction of sp³-hybridized carbons (Fsp3) is 0.615. The highest BCUT2D eigenvalue weighted by molar-refractivity contribution is 5.92. The largest absolute Gasteiger partial charge is 0.381 e.